The second kappa shape index (κ2) is 8.48. The van der Waals surface area contributed by atoms with Crippen molar-refractivity contribution in [3.05, 3.63) is 68.3 Å². The number of benzene rings is 2. The molecule has 0 radical (unpaired) electrons. The number of hydrogen-bond donors (Lipinski definition) is 1. The van der Waals surface area contributed by atoms with E-state index in [2.05, 4.69) is 15.5 Å². The molecule has 0 saturated heterocycles. The maximum Gasteiger partial charge on any atom is 0.277 e. The van der Waals surface area contributed by atoms with Crippen LogP contribution < -0.4 is 5.32 Å². The fourth-order valence-corrected chi connectivity index (χ4v) is 2.92. The molecule has 0 unspecified atom stereocenters. The third-order valence-electron chi connectivity index (χ3n) is 3.73. The van der Waals surface area contributed by atoms with E-state index >= 15 is 0 Å². The van der Waals surface area contributed by atoms with Crippen molar-refractivity contribution in [2.45, 2.75) is 12.1 Å². The number of hydrogen-bond acceptors (Lipinski definition) is 9. The highest BCUT2D eigenvalue weighted by molar-refractivity contribution is 7.99. The lowest BCUT2D eigenvalue weighted by Crippen LogP contribution is -2.14. The number of anilines is 1. The van der Waals surface area contributed by atoms with Crippen molar-refractivity contribution in [1.82, 2.24) is 10.2 Å². The molecule has 3 aromatic rings. The third kappa shape index (κ3) is 4.93. The molecule has 1 aromatic heterocycles. The van der Waals surface area contributed by atoms with E-state index in [1.807, 2.05) is 0 Å². The molecule has 0 aliphatic rings. The van der Waals surface area contributed by atoms with Gasteiger partial charge in [-0.2, -0.15) is 0 Å². The molecule has 0 bridgehead atoms. The van der Waals surface area contributed by atoms with Gasteiger partial charge in [0.1, 0.15) is 0 Å². The van der Waals surface area contributed by atoms with Crippen molar-refractivity contribution in [3.8, 4) is 11.5 Å². The molecule has 0 aliphatic heterocycles. The topological polar surface area (TPSA) is 154 Å². The second-order valence-electron chi connectivity index (χ2n) is 5.77. The Morgan fingerprint density at radius 1 is 1.10 bits per heavy atom. The summed E-state index contributed by atoms with van der Waals surface area (Å²) in [4.78, 5) is 32.7. The summed E-state index contributed by atoms with van der Waals surface area (Å²) in [6, 6.07) is 9.89. The zero-order chi connectivity index (χ0) is 21.0. The Hall–Kier alpha value is -3.80. The van der Waals surface area contributed by atoms with E-state index in [4.69, 9.17) is 4.42 Å². The van der Waals surface area contributed by atoms with Crippen LogP contribution in [-0.4, -0.2) is 31.7 Å². The molecule has 29 heavy (non-hydrogen) atoms. The van der Waals surface area contributed by atoms with Crippen LogP contribution in [0.2, 0.25) is 0 Å². The Kier molecular flexibility index (Phi) is 5.83. The van der Waals surface area contributed by atoms with Crippen LogP contribution in [0.5, 0.6) is 0 Å². The van der Waals surface area contributed by atoms with E-state index in [9.17, 15) is 25.0 Å². The minimum Gasteiger partial charge on any atom is -0.411 e. The van der Waals surface area contributed by atoms with Gasteiger partial charge in [-0.15, -0.1) is 10.2 Å². The molecule has 0 spiro atoms. The summed E-state index contributed by atoms with van der Waals surface area (Å²) < 4.78 is 5.43. The highest BCUT2D eigenvalue weighted by atomic mass is 32.2. The molecular weight excluding hydrogens is 402 g/mol. The predicted octanol–water partition coefficient (Wildman–Crippen LogP) is 3.59. The molecule has 12 heteroatoms. The summed E-state index contributed by atoms with van der Waals surface area (Å²) in [7, 11) is 0. The van der Waals surface area contributed by atoms with E-state index in [1.54, 1.807) is 13.0 Å². The minimum absolute atomic E-state index is 0.0347. The van der Waals surface area contributed by atoms with E-state index in [1.165, 1.54) is 36.4 Å². The number of aryl methyl sites for hydroxylation is 1. The first-order valence-corrected chi connectivity index (χ1v) is 9.08. The molecule has 148 valence electrons. The highest BCUT2D eigenvalue weighted by Gasteiger charge is 2.15. The Balaban J connectivity index is 1.61. The lowest BCUT2D eigenvalue weighted by Gasteiger charge is -2.07. The Labute approximate surface area is 167 Å². The first-order valence-electron chi connectivity index (χ1n) is 8.09. The maximum atomic E-state index is 12.1. The Morgan fingerprint density at radius 3 is 2.52 bits per heavy atom. The summed E-state index contributed by atoms with van der Waals surface area (Å²) in [5.41, 5.74) is 1.25. The fraction of sp³-hybridized carbons (Fsp3) is 0.118. The van der Waals surface area contributed by atoms with E-state index in [0.29, 0.717) is 16.8 Å². The average molecular weight is 415 g/mol. The quantitative estimate of drug-likeness (QED) is 0.346. The van der Waals surface area contributed by atoms with Gasteiger partial charge in [0.25, 0.3) is 16.6 Å². The molecule has 0 fully saturated rings. The van der Waals surface area contributed by atoms with Gasteiger partial charge < -0.3 is 9.73 Å². The van der Waals surface area contributed by atoms with Gasteiger partial charge in [-0.3, -0.25) is 25.0 Å². The largest absolute Gasteiger partial charge is 0.411 e. The van der Waals surface area contributed by atoms with Gasteiger partial charge in [0, 0.05) is 35.5 Å². The Bertz CT molecular complexity index is 1100. The van der Waals surface area contributed by atoms with Crippen molar-refractivity contribution in [1.29, 1.82) is 0 Å². The van der Waals surface area contributed by atoms with Gasteiger partial charge in [-0.05, 0) is 24.6 Å². The fourth-order valence-electron chi connectivity index (χ4n) is 2.35. The van der Waals surface area contributed by atoms with Gasteiger partial charge in [0.15, 0.2) is 0 Å². The van der Waals surface area contributed by atoms with Crippen LogP contribution in [0.4, 0.5) is 17.1 Å². The van der Waals surface area contributed by atoms with E-state index in [0.717, 1.165) is 11.8 Å². The number of non-ortho nitro benzene ring substituents is 2. The number of nitro benzene ring substituents is 2. The number of thioether (sulfide) groups is 1. The number of nitrogens with one attached hydrogen (secondary N) is 1. The second-order valence-corrected chi connectivity index (χ2v) is 6.70. The van der Waals surface area contributed by atoms with Crippen LogP contribution >= 0.6 is 11.8 Å². The molecule has 3 rings (SSSR count). The van der Waals surface area contributed by atoms with E-state index < -0.39 is 9.85 Å². The molecule has 1 heterocycles. The van der Waals surface area contributed by atoms with Crippen molar-refractivity contribution in [2.75, 3.05) is 11.1 Å². The number of carbonyl (C=O) groups excluding carboxylic acids is 1. The van der Waals surface area contributed by atoms with Crippen molar-refractivity contribution in [2.24, 2.45) is 0 Å². The minimum atomic E-state index is -0.528. The lowest BCUT2D eigenvalue weighted by molar-refractivity contribution is -0.385. The van der Waals surface area contributed by atoms with Crippen LogP contribution in [0.1, 0.15) is 5.56 Å². The monoisotopic (exact) mass is 415 g/mol. The van der Waals surface area contributed by atoms with E-state index in [-0.39, 0.29) is 34.1 Å². The van der Waals surface area contributed by atoms with Crippen LogP contribution in [0, 0.1) is 27.2 Å². The Morgan fingerprint density at radius 2 is 1.83 bits per heavy atom. The summed E-state index contributed by atoms with van der Waals surface area (Å²) in [6.07, 6.45) is 0. The molecule has 1 N–H and O–H groups in total. The van der Waals surface area contributed by atoms with Crippen LogP contribution in [0.15, 0.2) is 52.1 Å². The standard InChI is InChI=1S/C17H13N5O6S/c1-10-7-13(22(26)27)5-6-14(10)18-15(23)9-29-17-20-19-16(28-17)11-3-2-4-12(8-11)21(24)25/h2-8H,9H2,1H3,(H,18,23). The number of amides is 1. The van der Waals surface area contributed by atoms with Crippen molar-refractivity contribution >= 4 is 34.7 Å². The molecule has 0 atom stereocenters. The van der Waals surface area contributed by atoms with Crippen molar-refractivity contribution in [3.63, 3.8) is 0 Å². The molecule has 0 saturated carbocycles. The predicted molar refractivity (Wildman–Crippen MR) is 104 cm³/mol. The maximum absolute atomic E-state index is 12.1. The molecule has 2 aromatic carbocycles. The number of rotatable bonds is 7. The van der Waals surface area contributed by atoms with Gasteiger partial charge >= 0.3 is 0 Å². The normalized spacial score (nSPS) is 10.5. The number of nitrogens with zero attached hydrogens (tertiary/aromatic N) is 4. The summed E-state index contributed by atoms with van der Waals surface area (Å²) in [5.74, 6) is -0.294. The zero-order valence-corrected chi connectivity index (χ0v) is 15.7. The summed E-state index contributed by atoms with van der Waals surface area (Å²) in [5, 5.41) is 32.0. The highest BCUT2D eigenvalue weighted by Crippen LogP contribution is 2.26. The third-order valence-corrected chi connectivity index (χ3v) is 4.55. The first-order chi connectivity index (χ1) is 13.8. The van der Waals surface area contributed by atoms with Gasteiger partial charge in [0.2, 0.25) is 11.8 Å². The summed E-state index contributed by atoms with van der Waals surface area (Å²) >= 11 is 0.993. The molecule has 0 aliphatic carbocycles. The van der Waals surface area contributed by atoms with Crippen LogP contribution in [0.3, 0.4) is 0 Å². The average Bonchev–Trinajstić information content (AvgIpc) is 3.17. The van der Waals surface area contributed by atoms with Gasteiger partial charge in [-0.1, -0.05) is 17.8 Å². The molecular formula is C17H13N5O6S. The first kappa shape index (κ1) is 19.9. The number of aromatic nitrogens is 2. The molecule has 1 amide bonds. The lowest BCUT2D eigenvalue weighted by atomic mass is 10.2. The SMILES string of the molecule is Cc1cc([N+](=O)[O-])ccc1NC(=O)CSc1nnc(-c2cccc([N+](=O)[O-])c2)o1. The van der Waals surface area contributed by atoms with Crippen LogP contribution in [0.25, 0.3) is 11.5 Å². The smallest absolute Gasteiger partial charge is 0.277 e. The molecule has 11 nitrogen and oxygen atoms in total. The van der Waals surface area contributed by atoms with Crippen molar-refractivity contribution < 1.29 is 19.1 Å². The van der Waals surface area contributed by atoms with Gasteiger partial charge in [-0.25, -0.2) is 0 Å². The van der Waals surface area contributed by atoms with Crippen LogP contribution in [-0.2, 0) is 4.79 Å². The number of nitro groups is 2. The number of carbonyl (C=O) groups is 1. The zero-order valence-electron chi connectivity index (χ0n) is 14.9. The van der Waals surface area contributed by atoms with Gasteiger partial charge in [0.05, 0.1) is 15.6 Å². The summed E-state index contributed by atoms with van der Waals surface area (Å²) in [6.45, 7) is 1.65.